The molecule has 172 valence electrons. The SMILES string of the molecule is C=CC(=O)NC1C=CC=C(C)C1Nc1ncc(OCc2cc(C(N)=O)cn(CC)c2=O)cn1. The van der Waals surface area contributed by atoms with Gasteiger partial charge < -0.3 is 25.7 Å². The lowest BCUT2D eigenvalue weighted by molar-refractivity contribution is -0.116. The zero-order valence-electron chi connectivity index (χ0n) is 18.4. The Morgan fingerprint density at radius 1 is 1.33 bits per heavy atom. The predicted octanol–water partition coefficient (Wildman–Crippen LogP) is 1.30. The zero-order valence-corrected chi connectivity index (χ0v) is 18.4. The first-order valence-electron chi connectivity index (χ1n) is 10.3. The van der Waals surface area contributed by atoms with E-state index < -0.39 is 5.91 Å². The van der Waals surface area contributed by atoms with Gasteiger partial charge in [0.1, 0.15) is 6.61 Å². The number of carbonyl (C=O) groups excluding carboxylic acids is 2. The minimum Gasteiger partial charge on any atom is -0.485 e. The first-order chi connectivity index (χ1) is 15.8. The molecule has 33 heavy (non-hydrogen) atoms. The van der Waals surface area contributed by atoms with Crippen LogP contribution in [0, 0.1) is 0 Å². The molecule has 2 aromatic heterocycles. The van der Waals surface area contributed by atoms with Crippen LogP contribution in [0.3, 0.4) is 0 Å². The maximum atomic E-state index is 12.5. The van der Waals surface area contributed by atoms with E-state index in [9.17, 15) is 14.4 Å². The number of ether oxygens (including phenoxy) is 1. The number of rotatable bonds is 9. The number of nitrogens with one attached hydrogen (secondary N) is 2. The van der Waals surface area contributed by atoms with Crippen molar-refractivity contribution in [2.75, 3.05) is 5.32 Å². The number of amides is 2. The third-order valence-electron chi connectivity index (χ3n) is 5.11. The molecule has 0 bridgehead atoms. The fourth-order valence-corrected chi connectivity index (χ4v) is 3.32. The summed E-state index contributed by atoms with van der Waals surface area (Å²) in [4.78, 5) is 44.3. The van der Waals surface area contributed by atoms with Gasteiger partial charge in [0.2, 0.25) is 17.8 Å². The maximum Gasteiger partial charge on any atom is 0.257 e. The van der Waals surface area contributed by atoms with E-state index in [0.29, 0.717) is 23.8 Å². The Morgan fingerprint density at radius 2 is 2.06 bits per heavy atom. The molecule has 1 aliphatic carbocycles. The van der Waals surface area contributed by atoms with E-state index in [2.05, 4.69) is 27.2 Å². The first kappa shape index (κ1) is 23.5. The lowest BCUT2D eigenvalue weighted by atomic mass is 9.95. The average Bonchev–Trinajstić information content (AvgIpc) is 2.81. The van der Waals surface area contributed by atoms with Crippen molar-refractivity contribution < 1.29 is 14.3 Å². The lowest BCUT2D eigenvalue weighted by Crippen LogP contribution is -2.46. The number of pyridine rings is 1. The molecule has 10 heteroatoms. The number of aryl methyl sites for hydroxylation is 1. The highest BCUT2D eigenvalue weighted by Crippen LogP contribution is 2.18. The Labute approximate surface area is 190 Å². The molecule has 4 N–H and O–H groups in total. The van der Waals surface area contributed by atoms with Gasteiger partial charge in [-0.15, -0.1) is 0 Å². The van der Waals surface area contributed by atoms with Crippen LogP contribution in [0.25, 0.3) is 0 Å². The molecule has 10 nitrogen and oxygen atoms in total. The number of anilines is 1. The summed E-state index contributed by atoms with van der Waals surface area (Å²) >= 11 is 0. The summed E-state index contributed by atoms with van der Waals surface area (Å²) < 4.78 is 7.05. The number of carbonyl (C=O) groups is 2. The van der Waals surface area contributed by atoms with Gasteiger partial charge in [-0.3, -0.25) is 14.4 Å². The van der Waals surface area contributed by atoms with Crippen LogP contribution in [-0.4, -0.2) is 38.4 Å². The molecule has 0 aromatic carbocycles. The van der Waals surface area contributed by atoms with E-state index in [4.69, 9.17) is 10.5 Å². The third kappa shape index (κ3) is 5.73. The normalized spacial score (nSPS) is 17.1. The van der Waals surface area contributed by atoms with Crippen molar-refractivity contribution in [2.45, 2.75) is 39.1 Å². The molecule has 0 spiro atoms. The van der Waals surface area contributed by atoms with Gasteiger partial charge >= 0.3 is 0 Å². The number of hydrogen-bond donors (Lipinski definition) is 3. The van der Waals surface area contributed by atoms with Crippen molar-refractivity contribution in [1.29, 1.82) is 0 Å². The highest BCUT2D eigenvalue weighted by molar-refractivity contribution is 5.92. The number of primary amides is 1. The van der Waals surface area contributed by atoms with Crippen LogP contribution in [0.2, 0.25) is 0 Å². The van der Waals surface area contributed by atoms with E-state index >= 15 is 0 Å². The van der Waals surface area contributed by atoms with Gasteiger partial charge in [0, 0.05) is 12.7 Å². The number of nitrogens with zero attached hydrogens (tertiary/aromatic N) is 3. The molecule has 2 aromatic rings. The second-order valence-corrected chi connectivity index (χ2v) is 7.40. The van der Waals surface area contributed by atoms with Crippen LogP contribution >= 0.6 is 0 Å². The predicted molar refractivity (Wildman–Crippen MR) is 124 cm³/mol. The molecule has 2 atom stereocenters. The number of allylic oxidation sites excluding steroid dienone is 2. The van der Waals surface area contributed by atoms with Crippen molar-refractivity contribution in [3.05, 3.63) is 82.6 Å². The van der Waals surface area contributed by atoms with Gasteiger partial charge in [-0.1, -0.05) is 24.8 Å². The van der Waals surface area contributed by atoms with Crippen molar-refractivity contribution in [2.24, 2.45) is 5.73 Å². The topological polar surface area (TPSA) is 141 Å². The maximum absolute atomic E-state index is 12.5. The summed E-state index contributed by atoms with van der Waals surface area (Å²) in [6, 6.07) is 0.893. The Kier molecular flexibility index (Phi) is 7.39. The highest BCUT2D eigenvalue weighted by Gasteiger charge is 2.24. The smallest absolute Gasteiger partial charge is 0.257 e. The van der Waals surface area contributed by atoms with Gasteiger partial charge in [0.15, 0.2) is 5.75 Å². The Hall–Kier alpha value is -4.21. The minimum absolute atomic E-state index is 0.0684. The zero-order chi connectivity index (χ0) is 24.0. The summed E-state index contributed by atoms with van der Waals surface area (Å²) in [7, 11) is 0. The standard InChI is InChI=1S/C23H26N6O4/c1-4-19(30)27-18-8-6-7-14(3)20(18)28-23-25-10-17(11-26-23)33-13-16-9-15(21(24)31)12-29(5-2)22(16)32/h4,6-12,18,20H,1,5,13H2,2-3H3,(H2,24,31)(H,27,30)(H,25,26,28). The molecule has 1 aliphatic rings. The van der Waals surface area contributed by atoms with Crippen LogP contribution in [-0.2, 0) is 17.9 Å². The van der Waals surface area contributed by atoms with E-state index in [1.807, 2.05) is 25.2 Å². The van der Waals surface area contributed by atoms with Gasteiger partial charge in [-0.2, -0.15) is 0 Å². The molecular weight excluding hydrogens is 424 g/mol. The third-order valence-corrected chi connectivity index (χ3v) is 5.11. The molecule has 2 unspecified atom stereocenters. The van der Waals surface area contributed by atoms with Crippen molar-refractivity contribution in [3.8, 4) is 5.75 Å². The second kappa shape index (κ2) is 10.4. The number of aromatic nitrogens is 3. The molecule has 0 saturated carbocycles. The van der Waals surface area contributed by atoms with E-state index in [1.54, 1.807) is 6.92 Å². The summed E-state index contributed by atoms with van der Waals surface area (Å²) in [6.07, 6.45) is 11.3. The molecule has 0 saturated heterocycles. The Bertz CT molecular complexity index is 1170. The second-order valence-electron chi connectivity index (χ2n) is 7.40. The van der Waals surface area contributed by atoms with Crippen molar-refractivity contribution in [3.63, 3.8) is 0 Å². The van der Waals surface area contributed by atoms with E-state index in [-0.39, 0.29) is 35.7 Å². The molecule has 0 fully saturated rings. The van der Waals surface area contributed by atoms with E-state index in [1.165, 1.54) is 35.3 Å². The van der Waals surface area contributed by atoms with Crippen LogP contribution < -0.4 is 26.7 Å². The number of hydrogen-bond acceptors (Lipinski definition) is 7. The molecule has 3 rings (SSSR count). The van der Waals surface area contributed by atoms with Gasteiger partial charge in [0.25, 0.3) is 5.56 Å². The van der Waals surface area contributed by atoms with Crippen LogP contribution in [0.5, 0.6) is 5.75 Å². The highest BCUT2D eigenvalue weighted by atomic mass is 16.5. The van der Waals surface area contributed by atoms with Gasteiger partial charge in [-0.05, 0) is 31.6 Å². The summed E-state index contributed by atoms with van der Waals surface area (Å²) in [5.74, 6) is -0.211. The average molecular weight is 450 g/mol. The van der Waals surface area contributed by atoms with Gasteiger partial charge in [0.05, 0.1) is 35.6 Å². The summed E-state index contributed by atoms with van der Waals surface area (Å²) in [5, 5.41) is 6.06. The first-order valence-corrected chi connectivity index (χ1v) is 10.3. The van der Waals surface area contributed by atoms with Crippen LogP contribution in [0.15, 0.2) is 65.9 Å². The molecule has 2 amide bonds. The van der Waals surface area contributed by atoms with Crippen LogP contribution in [0.1, 0.15) is 29.8 Å². The monoisotopic (exact) mass is 450 g/mol. The molecular formula is C23H26N6O4. The van der Waals surface area contributed by atoms with Crippen molar-refractivity contribution >= 4 is 17.8 Å². The van der Waals surface area contributed by atoms with Crippen molar-refractivity contribution in [1.82, 2.24) is 19.9 Å². The lowest BCUT2D eigenvalue weighted by Gasteiger charge is -2.29. The molecule has 0 aliphatic heterocycles. The molecule has 0 radical (unpaired) electrons. The number of nitrogens with two attached hydrogens (primary N) is 1. The largest absolute Gasteiger partial charge is 0.485 e. The summed E-state index contributed by atoms with van der Waals surface area (Å²) in [6.45, 7) is 7.54. The fraction of sp³-hybridized carbons (Fsp3) is 0.261. The summed E-state index contributed by atoms with van der Waals surface area (Å²) in [5.41, 5.74) is 6.62. The fourth-order valence-electron chi connectivity index (χ4n) is 3.32. The minimum atomic E-state index is -0.623. The van der Waals surface area contributed by atoms with Gasteiger partial charge in [-0.25, -0.2) is 9.97 Å². The van der Waals surface area contributed by atoms with Crippen LogP contribution in [0.4, 0.5) is 5.95 Å². The quantitative estimate of drug-likeness (QED) is 0.489. The molecule has 2 heterocycles. The van der Waals surface area contributed by atoms with E-state index in [0.717, 1.165) is 5.57 Å². The Morgan fingerprint density at radius 3 is 2.70 bits per heavy atom. The Balaban J connectivity index is 1.69.